The van der Waals surface area contributed by atoms with Gasteiger partial charge in [0.2, 0.25) is 0 Å². The SMILES string of the molecule is CCCCC/C=C\CCCOCC(CO)N(C)C. The van der Waals surface area contributed by atoms with Gasteiger partial charge in [-0.2, -0.15) is 0 Å². The summed E-state index contributed by atoms with van der Waals surface area (Å²) in [6.45, 7) is 3.78. The third-order valence-corrected chi connectivity index (χ3v) is 3.05. The number of rotatable bonds is 12. The van der Waals surface area contributed by atoms with Crippen LogP contribution >= 0.6 is 0 Å². The quantitative estimate of drug-likeness (QED) is 0.431. The van der Waals surface area contributed by atoms with Crippen molar-refractivity contribution in [2.75, 3.05) is 33.9 Å². The van der Waals surface area contributed by atoms with Crippen molar-refractivity contribution in [3.8, 4) is 0 Å². The molecular formula is C15H31NO2. The van der Waals surface area contributed by atoms with Gasteiger partial charge in [0.25, 0.3) is 0 Å². The van der Waals surface area contributed by atoms with E-state index in [9.17, 15) is 0 Å². The minimum Gasteiger partial charge on any atom is -0.395 e. The molecule has 0 aliphatic rings. The number of nitrogens with zero attached hydrogens (tertiary/aromatic N) is 1. The Morgan fingerprint density at radius 3 is 2.33 bits per heavy atom. The molecular weight excluding hydrogens is 226 g/mol. The first-order chi connectivity index (χ1) is 8.72. The fourth-order valence-electron chi connectivity index (χ4n) is 1.64. The Labute approximate surface area is 113 Å². The Bertz CT molecular complexity index is 193. The molecule has 108 valence electrons. The van der Waals surface area contributed by atoms with Crippen molar-refractivity contribution in [2.24, 2.45) is 0 Å². The highest BCUT2D eigenvalue weighted by Gasteiger charge is 2.08. The van der Waals surface area contributed by atoms with Crippen LogP contribution in [0.3, 0.4) is 0 Å². The third-order valence-electron chi connectivity index (χ3n) is 3.05. The first-order valence-electron chi connectivity index (χ1n) is 7.22. The van der Waals surface area contributed by atoms with Crippen molar-refractivity contribution < 1.29 is 9.84 Å². The number of ether oxygens (including phenoxy) is 1. The van der Waals surface area contributed by atoms with Crippen LogP contribution in [0.1, 0.15) is 45.4 Å². The molecule has 0 radical (unpaired) electrons. The van der Waals surface area contributed by atoms with Gasteiger partial charge >= 0.3 is 0 Å². The zero-order chi connectivity index (χ0) is 13.6. The second-order valence-corrected chi connectivity index (χ2v) is 4.98. The van der Waals surface area contributed by atoms with Gasteiger partial charge in [-0.1, -0.05) is 31.9 Å². The number of likely N-dealkylation sites (N-methyl/N-ethyl adjacent to an activating group) is 1. The minimum absolute atomic E-state index is 0.120. The van der Waals surface area contributed by atoms with Gasteiger partial charge in [-0.3, -0.25) is 0 Å². The molecule has 0 heterocycles. The van der Waals surface area contributed by atoms with Crippen LogP contribution in [-0.2, 0) is 4.74 Å². The molecule has 0 aliphatic carbocycles. The monoisotopic (exact) mass is 257 g/mol. The van der Waals surface area contributed by atoms with E-state index in [1.165, 1.54) is 25.7 Å². The lowest BCUT2D eigenvalue weighted by molar-refractivity contribution is 0.0508. The van der Waals surface area contributed by atoms with Gasteiger partial charge in [0.05, 0.1) is 19.3 Å². The minimum atomic E-state index is 0.120. The summed E-state index contributed by atoms with van der Waals surface area (Å²) in [7, 11) is 3.92. The first-order valence-corrected chi connectivity index (χ1v) is 7.22. The smallest absolute Gasteiger partial charge is 0.0644 e. The molecule has 18 heavy (non-hydrogen) atoms. The van der Waals surface area contributed by atoms with Crippen molar-refractivity contribution in [3.63, 3.8) is 0 Å². The molecule has 0 saturated carbocycles. The number of unbranched alkanes of at least 4 members (excludes halogenated alkanes) is 4. The van der Waals surface area contributed by atoms with E-state index in [1.54, 1.807) is 0 Å². The molecule has 0 spiro atoms. The molecule has 0 aromatic heterocycles. The standard InChI is InChI=1S/C15H31NO2/c1-4-5-6-7-8-9-10-11-12-18-14-15(13-17)16(2)3/h8-9,15,17H,4-7,10-14H2,1-3H3/b9-8-. The number of hydrogen-bond acceptors (Lipinski definition) is 3. The summed E-state index contributed by atoms with van der Waals surface area (Å²) >= 11 is 0. The van der Waals surface area contributed by atoms with Crippen LogP contribution in [0, 0.1) is 0 Å². The zero-order valence-electron chi connectivity index (χ0n) is 12.4. The predicted molar refractivity (Wildman–Crippen MR) is 77.9 cm³/mol. The average molecular weight is 257 g/mol. The Morgan fingerprint density at radius 2 is 1.78 bits per heavy atom. The molecule has 1 atom stereocenters. The van der Waals surface area contributed by atoms with Crippen LogP contribution in [0.2, 0.25) is 0 Å². The highest BCUT2D eigenvalue weighted by Crippen LogP contribution is 2.01. The molecule has 0 saturated heterocycles. The third kappa shape index (κ3) is 10.8. The average Bonchev–Trinajstić information content (AvgIpc) is 2.35. The first kappa shape index (κ1) is 17.6. The maximum Gasteiger partial charge on any atom is 0.0644 e. The summed E-state index contributed by atoms with van der Waals surface area (Å²) in [5.74, 6) is 0. The maximum atomic E-state index is 9.11. The van der Waals surface area contributed by atoms with Gasteiger partial charge in [0.1, 0.15) is 0 Å². The molecule has 3 nitrogen and oxygen atoms in total. The maximum absolute atomic E-state index is 9.11. The second-order valence-electron chi connectivity index (χ2n) is 4.98. The molecule has 1 unspecified atom stereocenters. The Kier molecular flexibility index (Phi) is 12.8. The Morgan fingerprint density at radius 1 is 1.11 bits per heavy atom. The predicted octanol–water partition coefficient (Wildman–Crippen LogP) is 2.84. The van der Waals surface area contributed by atoms with E-state index in [-0.39, 0.29) is 12.6 Å². The second kappa shape index (κ2) is 13.1. The number of hydrogen-bond donors (Lipinski definition) is 1. The number of aliphatic hydroxyl groups excluding tert-OH is 1. The Hall–Kier alpha value is -0.380. The summed E-state index contributed by atoms with van der Waals surface area (Å²) in [4.78, 5) is 1.99. The van der Waals surface area contributed by atoms with E-state index in [1.807, 2.05) is 19.0 Å². The van der Waals surface area contributed by atoms with Gasteiger partial charge in [-0.15, -0.1) is 0 Å². The van der Waals surface area contributed by atoms with Crippen molar-refractivity contribution in [1.29, 1.82) is 0 Å². The van der Waals surface area contributed by atoms with Crippen LogP contribution in [0.25, 0.3) is 0 Å². The van der Waals surface area contributed by atoms with Crippen LogP contribution in [0.5, 0.6) is 0 Å². The zero-order valence-corrected chi connectivity index (χ0v) is 12.4. The molecule has 0 aliphatic heterocycles. The van der Waals surface area contributed by atoms with Gasteiger partial charge in [-0.25, -0.2) is 0 Å². The van der Waals surface area contributed by atoms with Gasteiger partial charge in [0, 0.05) is 6.61 Å². The highest BCUT2D eigenvalue weighted by atomic mass is 16.5. The van der Waals surface area contributed by atoms with Crippen molar-refractivity contribution >= 4 is 0 Å². The molecule has 0 fully saturated rings. The van der Waals surface area contributed by atoms with Crippen LogP contribution in [0.4, 0.5) is 0 Å². The van der Waals surface area contributed by atoms with Gasteiger partial charge in [0.15, 0.2) is 0 Å². The normalized spacial score (nSPS) is 13.6. The lowest BCUT2D eigenvalue weighted by Gasteiger charge is -2.21. The summed E-state index contributed by atoms with van der Waals surface area (Å²) in [5, 5.41) is 9.11. The molecule has 1 N–H and O–H groups in total. The van der Waals surface area contributed by atoms with Gasteiger partial charge < -0.3 is 14.7 Å². The number of allylic oxidation sites excluding steroid dienone is 2. The molecule has 3 heteroatoms. The van der Waals surface area contributed by atoms with E-state index in [2.05, 4.69) is 19.1 Å². The molecule has 0 aromatic rings. The van der Waals surface area contributed by atoms with Gasteiger partial charge in [-0.05, 0) is 39.8 Å². The van der Waals surface area contributed by atoms with E-state index in [0.717, 1.165) is 19.4 Å². The fourth-order valence-corrected chi connectivity index (χ4v) is 1.64. The molecule has 0 rings (SSSR count). The molecule has 0 amide bonds. The van der Waals surface area contributed by atoms with E-state index < -0.39 is 0 Å². The summed E-state index contributed by atoms with van der Waals surface area (Å²) in [6, 6.07) is 0.120. The van der Waals surface area contributed by atoms with E-state index in [0.29, 0.717) is 6.61 Å². The number of aliphatic hydroxyl groups is 1. The van der Waals surface area contributed by atoms with E-state index >= 15 is 0 Å². The summed E-state index contributed by atoms with van der Waals surface area (Å²) in [5.41, 5.74) is 0. The van der Waals surface area contributed by atoms with Crippen LogP contribution < -0.4 is 0 Å². The topological polar surface area (TPSA) is 32.7 Å². The van der Waals surface area contributed by atoms with Crippen molar-refractivity contribution in [3.05, 3.63) is 12.2 Å². The summed E-state index contributed by atoms with van der Waals surface area (Å²) in [6.07, 6.45) is 11.8. The van der Waals surface area contributed by atoms with Crippen LogP contribution in [-0.4, -0.2) is 50.0 Å². The van der Waals surface area contributed by atoms with E-state index in [4.69, 9.17) is 9.84 Å². The lowest BCUT2D eigenvalue weighted by atomic mass is 10.2. The Balaban J connectivity index is 3.29. The van der Waals surface area contributed by atoms with Crippen molar-refractivity contribution in [2.45, 2.75) is 51.5 Å². The molecule has 0 aromatic carbocycles. The van der Waals surface area contributed by atoms with Crippen molar-refractivity contribution in [1.82, 2.24) is 4.90 Å². The fraction of sp³-hybridized carbons (Fsp3) is 0.867. The highest BCUT2D eigenvalue weighted by molar-refractivity contribution is 4.81. The molecule has 0 bridgehead atoms. The largest absolute Gasteiger partial charge is 0.395 e. The van der Waals surface area contributed by atoms with Crippen LogP contribution in [0.15, 0.2) is 12.2 Å². The summed E-state index contributed by atoms with van der Waals surface area (Å²) < 4.78 is 5.56. The lowest BCUT2D eigenvalue weighted by Crippen LogP contribution is -2.35.